The van der Waals surface area contributed by atoms with Crippen molar-refractivity contribution in [2.75, 3.05) is 12.4 Å². The number of carbonyl (C=O) groups is 1. The molecular formula is C19H19N3O4S. The second-order valence-electron chi connectivity index (χ2n) is 5.72. The molecule has 0 saturated carbocycles. The van der Waals surface area contributed by atoms with Gasteiger partial charge in [0.1, 0.15) is 18.0 Å². The molecule has 140 valence electrons. The fourth-order valence-electron chi connectivity index (χ4n) is 2.44. The van der Waals surface area contributed by atoms with Gasteiger partial charge in [0.25, 0.3) is 10.7 Å². The van der Waals surface area contributed by atoms with E-state index in [-0.39, 0.29) is 23.9 Å². The molecule has 0 aliphatic carbocycles. The molecule has 1 aromatic heterocycles. The molecule has 0 unspecified atom stereocenters. The fourth-order valence-corrected chi connectivity index (χ4v) is 2.64. The highest BCUT2D eigenvalue weighted by molar-refractivity contribution is 7.71. The zero-order valence-corrected chi connectivity index (χ0v) is 15.8. The first-order chi connectivity index (χ1) is 13.1. The summed E-state index contributed by atoms with van der Waals surface area (Å²) in [5.41, 5.74) is 1.58. The number of benzene rings is 2. The molecule has 0 fully saturated rings. The predicted molar refractivity (Wildman–Crippen MR) is 102 cm³/mol. The maximum Gasteiger partial charge on any atom is 0.287 e. The van der Waals surface area contributed by atoms with Gasteiger partial charge in [0.15, 0.2) is 6.61 Å². The van der Waals surface area contributed by atoms with Crippen LogP contribution < -0.4 is 14.8 Å². The number of ether oxygens (including phenoxy) is 2. The van der Waals surface area contributed by atoms with E-state index in [2.05, 4.69) is 10.4 Å². The number of hydrogen-bond acceptors (Lipinski definition) is 6. The van der Waals surface area contributed by atoms with Gasteiger partial charge in [0.2, 0.25) is 5.91 Å². The van der Waals surface area contributed by atoms with Crippen LogP contribution in [0.2, 0.25) is 0 Å². The number of aryl methyl sites for hydroxylation is 1. The van der Waals surface area contributed by atoms with E-state index in [9.17, 15) is 4.79 Å². The number of aromatic nitrogens is 2. The third-order valence-electron chi connectivity index (χ3n) is 3.77. The summed E-state index contributed by atoms with van der Waals surface area (Å²) in [5.74, 6) is 1.31. The second-order valence-corrected chi connectivity index (χ2v) is 6.07. The normalized spacial score (nSPS) is 10.4. The number of methoxy groups -OCH3 is 1. The number of carbonyl (C=O) groups excluding carboxylic acids is 1. The third-order valence-corrected chi connectivity index (χ3v) is 4.06. The standard InChI is InChI=1S/C19H19N3O4S/c1-13-7-3-5-9-15(13)25-12-18-21-22(19(27)26-18)11-17(23)20-14-8-4-6-10-16(14)24-2/h3-10H,11-12H2,1-2H3,(H,20,23). The van der Waals surface area contributed by atoms with Crippen LogP contribution in [0, 0.1) is 11.8 Å². The number of anilines is 1. The Morgan fingerprint density at radius 2 is 1.89 bits per heavy atom. The molecule has 0 aliphatic rings. The first-order valence-corrected chi connectivity index (χ1v) is 8.66. The van der Waals surface area contributed by atoms with Crippen LogP contribution in [0.25, 0.3) is 0 Å². The Hall–Kier alpha value is -3.13. The highest BCUT2D eigenvalue weighted by Gasteiger charge is 2.12. The number of nitrogens with one attached hydrogen (secondary N) is 1. The Bertz CT molecular complexity index is 996. The Labute approximate surface area is 161 Å². The average Bonchev–Trinajstić information content (AvgIpc) is 3.01. The molecule has 0 radical (unpaired) electrons. The summed E-state index contributed by atoms with van der Waals surface area (Å²) < 4.78 is 17.6. The zero-order chi connectivity index (χ0) is 19.2. The molecular weight excluding hydrogens is 366 g/mol. The molecule has 3 aromatic rings. The summed E-state index contributed by atoms with van der Waals surface area (Å²) in [7, 11) is 1.54. The van der Waals surface area contributed by atoms with Crippen molar-refractivity contribution in [2.45, 2.75) is 20.1 Å². The Morgan fingerprint density at radius 3 is 2.63 bits per heavy atom. The molecule has 3 rings (SSSR count). The lowest BCUT2D eigenvalue weighted by Crippen LogP contribution is -2.20. The molecule has 0 aliphatic heterocycles. The van der Waals surface area contributed by atoms with Crippen LogP contribution in [0.15, 0.2) is 52.9 Å². The van der Waals surface area contributed by atoms with Crippen molar-refractivity contribution in [2.24, 2.45) is 0 Å². The maximum atomic E-state index is 12.3. The summed E-state index contributed by atoms with van der Waals surface area (Å²) in [4.78, 5) is 12.4. The number of amides is 1. The van der Waals surface area contributed by atoms with Gasteiger partial charge in [0, 0.05) is 0 Å². The molecule has 27 heavy (non-hydrogen) atoms. The fraction of sp³-hybridized carbons (Fsp3) is 0.211. The van der Waals surface area contributed by atoms with Crippen LogP contribution in [0.5, 0.6) is 11.5 Å². The van der Waals surface area contributed by atoms with Gasteiger partial charge in [-0.25, -0.2) is 4.68 Å². The van der Waals surface area contributed by atoms with E-state index in [1.807, 2.05) is 37.3 Å². The lowest BCUT2D eigenvalue weighted by Gasteiger charge is -2.09. The Morgan fingerprint density at radius 1 is 1.19 bits per heavy atom. The van der Waals surface area contributed by atoms with Gasteiger partial charge < -0.3 is 19.2 Å². The van der Waals surface area contributed by atoms with Crippen molar-refractivity contribution in [3.05, 3.63) is 64.8 Å². The topological polar surface area (TPSA) is 78.5 Å². The average molecular weight is 385 g/mol. The number of hydrogen-bond donors (Lipinski definition) is 1. The molecule has 0 spiro atoms. The molecule has 2 aromatic carbocycles. The molecule has 1 N–H and O–H groups in total. The minimum atomic E-state index is -0.296. The van der Waals surface area contributed by atoms with E-state index < -0.39 is 0 Å². The van der Waals surface area contributed by atoms with Gasteiger partial charge in [-0.1, -0.05) is 30.3 Å². The Kier molecular flexibility index (Phi) is 5.87. The summed E-state index contributed by atoms with van der Waals surface area (Å²) in [6.07, 6.45) is 0. The summed E-state index contributed by atoms with van der Waals surface area (Å²) >= 11 is 5.13. The zero-order valence-electron chi connectivity index (χ0n) is 15.0. The van der Waals surface area contributed by atoms with Crippen LogP contribution in [0.4, 0.5) is 5.69 Å². The van der Waals surface area contributed by atoms with Crippen molar-refractivity contribution in [1.82, 2.24) is 9.78 Å². The minimum Gasteiger partial charge on any atom is -0.495 e. The van der Waals surface area contributed by atoms with E-state index in [0.717, 1.165) is 11.3 Å². The second kappa shape index (κ2) is 8.50. The largest absolute Gasteiger partial charge is 0.495 e. The van der Waals surface area contributed by atoms with Gasteiger partial charge in [-0.2, -0.15) is 0 Å². The molecule has 7 nitrogen and oxygen atoms in total. The summed E-state index contributed by atoms with van der Waals surface area (Å²) in [6, 6.07) is 14.8. The van der Waals surface area contributed by atoms with Crippen LogP contribution >= 0.6 is 12.2 Å². The molecule has 8 heteroatoms. The summed E-state index contributed by atoms with van der Waals surface area (Å²) in [5, 5.41) is 6.98. The minimum absolute atomic E-state index is 0.0786. The highest BCUT2D eigenvalue weighted by atomic mass is 32.1. The molecule has 0 bridgehead atoms. The lowest BCUT2D eigenvalue weighted by molar-refractivity contribution is -0.117. The smallest absolute Gasteiger partial charge is 0.287 e. The van der Waals surface area contributed by atoms with Crippen molar-refractivity contribution in [3.8, 4) is 11.5 Å². The van der Waals surface area contributed by atoms with Gasteiger partial charge in [-0.05, 0) is 42.9 Å². The first-order valence-electron chi connectivity index (χ1n) is 8.25. The number of nitrogens with zero attached hydrogens (tertiary/aromatic N) is 2. The van der Waals surface area contributed by atoms with Crippen molar-refractivity contribution in [1.29, 1.82) is 0 Å². The van der Waals surface area contributed by atoms with Gasteiger partial charge in [0.05, 0.1) is 12.8 Å². The Balaban J connectivity index is 1.63. The van der Waals surface area contributed by atoms with Crippen LogP contribution in [0.1, 0.15) is 11.5 Å². The predicted octanol–water partition coefficient (Wildman–Crippen LogP) is 3.74. The highest BCUT2D eigenvalue weighted by Crippen LogP contribution is 2.23. The quantitative estimate of drug-likeness (QED) is 0.624. The van der Waals surface area contributed by atoms with Gasteiger partial charge in [-0.3, -0.25) is 4.79 Å². The lowest BCUT2D eigenvalue weighted by atomic mass is 10.2. The van der Waals surface area contributed by atoms with Crippen LogP contribution in [0.3, 0.4) is 0 Å². The summed E-state index contributed by atoms with van der Waals surface area (Å²) in [6.45, 7) is 1.99. The first kappa shape index (κ1) is 18.7. The molecule has 1 heterocycles. The van der Waals surface area contributed by atoms with E-state index in [0.29, 0.717) is 17.3 Å². The van der Waals surface area contributed by atoms with E-state index in [4.69, 9.17) is 26.1 Å². The van der Waals surface area contributed by atoms with Crippen molar-refractivity contribution in [3.63, 3.8) is 0 Å². The van der Waals surface area contributed by atoms with E-state index >= 15 is 0 Å². The van der Waals surface area contributed by atoms with Gasteiger partial charge >= 0.3 is 0 Å². The van der Waals surface area contributed by atoms with Crippen molar-refractivity contribution >= 4 is 23.8 Å². The van der Waals surface area contributed by atoms with Gasteiger partial charge in [-0.15, -0.1) is 5.10 Å². The van der Waals surface area contributed by atoms with E-state index in [1.54, 1.807) is 25.3 Å². The van der Waals surface area contributed by atoms with Crippen LogP contribution in [-0.4, -0.2) is 22.8 Å². The van der Waals surface area contributed by atoms with Crippen molar-refractivity contribution < 1.29 is 18.7 Å². The molecule has 1 amide bonds. The third kappa shape index (κ3) is 4.73. The number of rotatable bonds is 7. The monoisotopic (exact) mass is 385 g/mol. The molecule has 0 atom stereocenters. The van der Waals surface area contributed by atoms with Crippen LogP contribution in [-0.2, 0) is 17.9 Å². The SMILES string of the molecule is COc1ccccc1NC(=O)Cn1nc(COc2ccccc2C)oc1=S. The maximum absolute atomic E-state index is 12.3. The molecule has 0 saturated heterocycles. The van der Waals surface area contributed by atoms with E-state index in [1.165, 1.54) is 4.68 Å². The number of para-hydroxylation sites is 3.